The molecule has 6 heteroatoms. The normalized spacial score (nSPS) is 19.9. The molecule has 2 rings (SSSR count). The molecule has 0 aliphatic carbocycles. The highest BCUT2D eigenvalue weighted by Crippen LogP contribution is 2.28. The van der Waals surface area contributed by atoms with Gasteiger partial charge in [0.2, 0.25) is 0 Å². The zero-order valence-corrected chi connectivity index (χ0v) is 9.95. The summed E-state index contributed by atoms with van der Waals surface area (Å²) in [6.07, 6.45) is 2.21. The lowest BCUT2D eigenvalue weighted by Crippen LogP contribution is -2.12. The van der Waals surface area contributed by atoms with E-state index in [0.29, 0.717) is 0 Å². The fourth-order valence-corrected chi connectivity index (χ4v) is 2.68. The van der Waals surface area contributed by atoms with Crippen LogP contribution in [0.3, 0.4) is 0 Å². The van der Waals surface area contributed by atoms with Crippen molar-refractivity contribution in [3.05, 3.63) is 15.6 Å². The van der Waals surface area contributed by atoms with Gasteiger partial charge in [-0.05, 0) is 26.3 Å². The van der Waals surface area contributed by atoms with Crippen LogP contribution in [0.15, 0.2) is 0 Å². The van der Waals surface area contributed by atoms with Crippen molar-refractivity contribution in [1.29, 1.82) is 0 Å². The van der Waals surface area contributed by atoms with Gasteiger partial charge in [-0.15, -0.1) is 23.7 Å². The summed E-state index contributed by atoms with van der Waals surface area (Å²) in [5.74, 6) is -0.928. The van der Waals surface area contributed by atoms with Crippen molar-refractivity contribution in [2.75, 3.05) is 6.54 Å². The molecule has 2 N–H and O–H groups in total. The summed E-state index contributed by atoms with van der Waals surface area (Å²) >= 11 is 1.49. The average Bonchev–Trinajstić information content (AvgIpc) is 2.70. The Kier molecular flexibility index (Phi) is 4.07. The SMILES string of the molecule is Cc1sc(C2CCCN2)nc1C(=O)O.Cl. The largest absolute Gasteiger partial charge is 0.476 e. The number of thiazole rings is 1. The van der Waals surface area contributed by atoms with Crippen LogP contribution in [0.2, 0.25) is 0 Å². The van der Waals surface area contributed by atoms with E-state index in [1.807, 2.05) is 0 Å². The maximum atomic E-state index is 10.8. The number of carboxylic acid groups (broad SMARTS) is 1. The van der Waals surface area contributed by atoms with E-state index in [1.54, 1.807) is 6.92 Å². The second-order valence-electron chi connectivity index (χ2n) is 3.41. The summed E-state index contributed by atoms with van der Waals surface area (Å²) in [7, 11) is 0. The number of aromatic nitrogens is 1. The Balaban J connectivity index is 0.00000112. The van der Waals surface area contributed by atoms with Gasteiger partial charge in [0, 0.05) is 4.88 Å². The second-order valence-corrected chi connectivity index (χ2v) is 4.65. The van der Waals surface area contributed by atoms with Gasteiger partial charge >= 0.3 is 5.97 Å². The van der Waals surface area contributed by atoms with Crippen LogP contribution in [0.1, 0.15) is 39.3 Å². The minimum Gasteiger partial charge on any atom is -0.476 e. The van der Waals surface area contributed by atoms with Gasteiger partial charge in [-0.25, -0.2) is 9.78 Å². The zero-order chi connectivity index (χ0) is 10.1. The molecule has 1 aliphatic rings. The summed E-state index contributed by atoms with van der Waals surface area (Å²) in [4.78, 5) is 15.7. The molecule has 0 saturated carbocycles. The lowest BCUT2D eigenvalue weighted by atomic mass is 10.2. The van der Waals surface area contributed by atoms with Gasteiger partial charge < -0.3 is 10.4 Å². The fourth-order valence-electron chi connectivity index (χ4n) is 1.66. The van der Waals surface area contributed by atoms with Gasteiger partial charge in [-0.3, -0.25) is 0 Å². The van der Waals surface area contributed by atoms with Crippen molar-refractivity contribution in [3.63, 3.8) is 0 Å². The Hall–Kier alpha value is -0.650. The Labute approximate surface area is 98.1 Å². The highest BCUT2D eigenvalue weighted by Gasteiger charge is 2.22. The number of aryl methyl sites for hydroxylation is 1. The molecule has 0 amide bonds. The van der Waals surface area contributed by atoms with E-state index in [9.17, 15) is 4.79 Å². The van der Waals surface area contributed by atoms with E-state index in [-0.39, 0.29) is 24.1 Å². The van der Waals surface area contributed by atoms with Crippen LogP contribution in [0.25, 0.3) is 0 Å². The van der Waals surface area contributed by atoms with E-state index >= 15 is 0 Å². The van der Waals surface area contributed by atoms with E-state index in [2.05, 4.69) is 10.3 Å². The molecule has 1 atom stereocenters. The third-order valence-corrected chi connectivity index (χ3v) is 3.46. The number of hydrogen-bond acceptors (Lipinski definition) is 4. The van der Waals surface area contributed by atoms with Gasteiger partial charge in [0.15, 0.2) is 5.69 Å². The number of halogens is 1. The molecule has 1 fully saturated rings. The number of carbonyl (C=O) groups is 1. The summed E-state index contributed by atoms with van der Waals surface area (Å²) in [5.41, 5.74) is 0.207. The molecule has 1 aliphatic heterocycles. The molecule has 1 aromatic rings. The van der Waals surface area contributed by atoms with Crippen LogP contribution in [0.5, 0.6) is 0 Å². The monoisotopic (exact) mass is 248 g/mol. The second kappa shape index (κ2) is 4.92. The number of nitrogens with one attached hydrogen (secondary N) is 1. The van der Waals surface area contributed by atoms with Gasteiger partial charge in [0.25, 0.3) is 0 Å². The predicted octanol–water partition coefficient (Wildman–Crippen LogP) is 2.00. The first-order valence-corrected chi connectivity index (χ1v) is 5.44. The first-order chi connectivity index (χ1) is 6.68. The van der Waals surface area contributed by atoms with Gasteiger partial charge in [-0.2, -0.15) is 0 Å². The van der Waals surface area contributed by atoms with Crippen molar-refractivity contribution in [3.8, 4) is 0 Å². The van der Waals surface area contributed by atoms with E-state index in [1.165, 1.54) is 11.3 Å². The highest BCUT2D eigenvalue weighted by atomic mass is 35.5. The highest BCUT2D eigenvalue weighted by molar-refractivity contribution is 7.11. The molecule has 0 aromatic carbocycles. The smallest absolute Gasteiger partial charge is 0.355 e. The summed E-state index contributed by atoms with van der Waals surface area (Å²) in [6.45, 7) is 2.81. The predicted molar refractivity (Wildman–Crippen MR) is 61.0 cm³/mol. The molecule has 0 radical (unpaired) electrons. The molecule has 2 heterocycles. The molecular formula is C9H13ClN2O2S. The average molecular weight is 249 g/mol. The molecule has 0 bridgehead atoms. The zero-order valence-electron chi connectivity index (χ0n) is 8.32. The number of aromatic carboxylic acids is 1. The third-order valence-electron chi connectivity index (χ3n) is 2.37. The molecule has 1 unspecified atom stereocenters. The Morgan fingerprint density at radius 2 is 2.40 bits per heavy atom. The number of hydrogen-bond donors (Lipinski definition) is 2. The van der Waals surface area contributed by atoms with Crippen LogP contribution in [0, 0.1) is 6.92 Å². The Bertz CT molecular complexity index is 361. The molecule has 4 nitrogen and oxygen atoms in total. The van der Waals surface area contributed by atoms with Crippen LogP contribution >= 0.6 is 23.7 Å². The summed E-state index contributed by atoms with van der Waals surface area (Å²) in [5, 5.41) is 13.1. The third kappa shape index (κ3) is 2.48. The molecule has 1 saturated heterocycles. The van der Waals surface area contributed by atoms with Crippen molar-refractivity contribution in [2.45, 2.75) is 25.8 Å². The van der Waals surface area contributed by atoms with Crippen LogP contribution in [-0.2, 0) is 0 Å². The maximum absolute atomic E-state index is 10.8. The molecular weight excluding hydrogens is 236 g/mol. The standard InChI is InChI=1S/C9H12N2O2S.ClH/c1-5-7(9(12)13)11-8(14-5)6-3-2-4-10-6;/h6,10H,2-4H2,1H3,(H,12,13);1H. The quantitative estimate of drug-likeness (QED) is 0.840. The first kappa shape index (κ1) is 12.4. The number of rotatable bonds is 2. The molecule has 1 aromatic heterocycles. The maximum Gasteiger partial charge on any atom is 0.355 e. The van der Waals surface area contributed by atoms with Crippen molar-refractivity contribution < 1.29 is 9.90 Å². The molecule has 84 valence electrons. The number of carboxylic acids is 1. The first-order valence-electron chi connectivity index (χ1n) is 4.62. The summed E-state index contributed by atoms with van der Waals surface area (Å²) < 4.78 is 0. The van der Waals surface area contributed by atoms with E-state index < -0.39 is 5.97 Å². The van der Waals surface area contributed by atoms with Crippen molar-refractivity contribution >= 4 is 29.7 Å². The summed E-state index contributed by atoms with van der Waals surface area (Å²) in [6, 6.07) is 0.270. The number of nitrogens with zero attached hydrogens (tertiary/aromatic N) is 1. The minimum absolute atomic E-state index is 0. The van der Waals surface area contributed by atoms with E-state index in [0.717, 1.165) is 29.3 Å². The fraction of sp³-hybridized carbons (Fsp3) is 0.556. The van der Waals surface area contributed by atoms with Crippen molar-refractivity contribution in [1.82, 2.24) is 10.3 Å². The minimum atomic E-state index is -0.928. The van der Waals surface area contributed by atoms with Gasteiger partial charge in [0.05, 0.1) is 6.04 Å². The topological polar surface area (TPSA) is 62.2 Å². The van der Waals surface area contributed by atoms with E-state index in [4.69, 9.17) is 5.11 Å². The van der Waals surface area contributed by atoms with Crippen LogP contribution in [-0.4, -0.2) is 22.6 Å². The lowest BCUT2D eigenvalue weighted by molar-refractivity contribution is 0.0690. The van der Waals surface area contributed by atoms with Gasteiger partial charge in [-0.1, -0.05) is 0 Å². The molecule has 0 spiro atoms. The van der Waals surface area contributed by atoms with Crippen LogP contribution in [0.4, 0.5) is 0 Å². The van der Waals surface area contributed by atoms with Crippen LogP contribution < -0.4 is 5.32 Å². The van der Waals surface area contributed by atoms with Crippen molar-refractivity contribution in [2.24, 2.45) is 0 Å². The Morgan fingerprint density at radius 1 is 1.67 bits per heavy atom. The lowest BCUT2D eigenvalue weighted by Gasteiger charge is -2.03. The van der Waals surface area contributed by atoms with Gasteiger partial charge in [0.1, 0.15) is 5.01 Å². The Morgan fingerprint density at radius 3 is 2.87 bits per heavy atom. The molecule has 15 heavy (non-hydrogen) atoms.